The summed E-state index contributed by atoms with van der Waals surface area (Å²) in [4.78, 5) is 17.6. The first-order chi connectivity index (χ1) is 13.7. The molecule has 2 heterocycles. The molecule has 0 saturated heterocycles. The third-order valence-electron chi connectivity index (χ3n) is 5.65. The lowest BCUT2D eigenvalue weighted by atomic mass is 9.74. The smallest absolute Gasteiger partial charge is 0.161 e. The average Bonchev–Trinajstić information content (AvgIpc) is 2.72. The van der Waals surface area contributed by atoms with Crippen LogP contribution in [-0.2, 0) is 4.79 Å². The van der Waals surface area contributed by atoms with Crippen molar-refractivity contribution in [3.05, 3.63) is 75.5 Å². The van der Waals surface area contributed by atoms with E-state index in [1.165, 1.54) is 0 Å². The molecule has 1 aromatic heterocycles. The van der Waals surface area contributed by atoms with Crippen molar-refractivity contribution in [2.75, 3.05) is 12.4 Å². The monoisotopic (exact) mass is 434 g/mol. The summed E-state index contributed by atoms with van der Waals surface area (Å²) in [5.41, 5.74) is 5.97. The summed E-state index contributed by atoms with van der Waals surface area (Å²) in [6, 6.07) is 14.1. The maximum atomic E-state index is 13.1. The number of hydrogen-bond acceptors (Lipinski definition) is 4. The quantitative estimate of drug-likeness (QED) is 0.572. The van der Waals surface area contributed by atoms with Gasteiger partial charge in [-0.15, -0.1) is 0 Å². The van der Waals surface area contributed by atoms with E-state index in [1.54, 1.807) is 13.3 Å². The van der Waals surface area contributed by atoms with Crippen molar-refractivity contribution < 1.29 is 9.53 Å². The van der Waals surface area contributed by atoms with Crippen LogP contribution in [-0.4, -0.2) is 17.9 Å². The van der Waals surface area contributed by atoms with E-state index in [1.807, 2.05) is 24.3 Å². The number of aromatic nitrogens is 1. The zero-order chi connectivity index (χ0) is 19.3. The van der Waals surface area contributed by atoms with Crippen LogP contribution in [0.5, 0.6) is 5.75 Å². The highest BCUT2D eigenvalue weighted by atomic mass is 79.9. The van der Waals surface area contributed by atoms with Crippen molar-refractivity contribution in [2.24, 2.45) is 0 Å². The van der Waals surface area contributed by atoms with Gasteiger partial charge in [-0.3, -0.25) is 9.78 Å². The first-order valence-electron chi connectivity index (χ1n) is 9.41. The summed E-state index contributed by atoms with van der Waals surface area (Å²) in [6.07, 6.45) is 4.16. The number of methoxy groups -OCH3 is 1. The molecule has 2 aliphatic rings. The molecule has 28 heavy (non-hydrogen) atoms. The predicted octanol–water partition coefficient (Wildman–Crippen LogP) is 5.57. The Balaban J connectivity index is 1.87. The lowest BCUT2D eigenvalue weighted by molar-refractivity contribution is -0.116. The molecule has 0 unspecified atom stereocenters. The number of carbonyl (C=O) groups excluding carboxylic acids is 1. The van der Waals surface area contributed by atoms with Crippen LogP contribution in [0, 0.1) is 0 Å². The van der Waals surface area contributed by atoms with Gasteiger partial charge in [-0.25, -0.2) is 0 Å². The fourth-order valence-electron chi connectivity index (χ4n) is 4.47. The van der Waals surface area contributed by atoms with E-state index in [9.17, 15) is 4.79 Å². The number of anilines is 1. The molecular formula is C23H19BrN2O2. The third-order valence-corrected chi connectivity index (χ3v) is 6.14. The minimum Gasteiger partial charge on any atom is -0.496 e. The Morgan fingerprint density at radius 1 is 1.18 bits per heavy atom. The number of halogens is 1. The number of Topliss-reactive ketones (excluding diaryl/α,β-unsaturated/α-hetero) is 1. The molecule has 1 aliphatic carbocycles. The van der Waals surface area contributed by atoms with Crippen LogP contribution in [0.4, 0.5) is 5.69 Å². The SMILES string of the molecule is COc1ccc(Br)cc1[C@H]1C2=C(CCCC2=O)Nc2ccc3ncccc3c21. The molecule has 5 heteroatoms. The number of nitrogens with zero attached hydrogens (tertiary/aromatic N) is 1. The lowest BCUT2D eigenvalue weighted by Crippen LogP contribution is -2.27. The molecule has 0 bridgehead atoms. The van der Waals surface area contributed by atoms with E-state index in [4.69, 9.17) is 4.74 Å². The number of pyridine rings is 1. The molecule has 0 radical (unpaired) electrons. The summed E-state index contributed by atoms with van der Waals surface area (Å²) < 4.78 is 6.67. The van der Waals surface area contributed by atoms with Crippen molar-refractivity contribution in [1.29, 1.82) is 0 Å². The highest BCUT2D eigenvalue weighted by molar-refractivity contribution is 9.10. The normalized spacial score (nSPS) is 18.5. The second kappa shape index (κ2) is 6.74. The fourth-order valence-corrected chi connectivity index (χ4v) is 4.85. The second-order valence-corrected chi connectivity index (χ2v) is 8.13. The predicted molar refractivity (Wildman–Crippen MR) is 114 cm³/mol. The minimum absolute atomic E-state index is 0.181. The topological polar surface area (TPSA) is 51.2 Å². The van der Waals surface area contributed by atoms with Crippen molar-refractivity contribution in [2.45, 2.75) is 25.2 Å². The van der Waals surface area contributed by atoms with Gasteiger partial charge < -0.3 is 10.1 Å². The van der Waals surface area contributed by atoms with Crippen LogP contribution in [0.2, 0.25) is 0 Å². The van der Waals surface area contributed by atoms with Gasteiger partial charge in [0.25, 0.3) is 0 Å². The Morgan fingerprint density at radius 3 is 2.93 bits per heavy atom. The van der Waals surface area contributed by atoms with Crippen LogP contribution in [0.3, 0.4) is 0 Å². The fraction of sp³-hybridized carbons (Fsp3) is 0.217. The first-order valence-corrected chi connectivity index (χ1v) is 10.2. The summed E-state index contributed by atoms with van der Waals surface area (Å²) in [5.74, 6) is 0.818. The Labute approximate surface area is 171 Å². The highest BCUT2D eigenvalue weighted by Crippen LogP contribution is 2.50. The zero-order valence-corrected chi connectivity index (χ0v) is 17.0. The van der Waals surface area contributed by atoms with Gasteiger partial charge in [0.1, 0.15) is 5.75 Å². The van der Waals surface area contributed by atoms with E-state index in [0.29, 0.717) is 6.42 Å². The van der Waals surface area contributed by atoms with E-state index in [0.717, 1.165) is 62.1 Å². The maximum Gasteiger partial charge on any atom is 0.161 e. The van der Waals surface area contributed by atoms with E-state index in [2.05, 4.69) is 44.4 Å². The first kappa shape index (κ1) is 17.4. The van der Waals surface area contributed by atoms with Gasteiger partial charge in [0.2, 0.25) is 0 Å². The standard InChI is InChI=1S/C23H19BrN2O2/c1-28-20-10-7-13(24)12-15(20)22-21-14-4-3-11-25-16(14)8-9-18(21)26-17-5-2-6-19(27)23(17)22/h3-4,7-12,22,26H,2,5-6H2,1H3/t22-/m1/s1. The van der Waals surface area contributed by atoms with Gasteiger partial charge in [-0.05, 0) is 54.8 Å². The minimum atomic E-state index is -0.181. The molecule has 5 rings (SSSR count). The number of ether oxygens (including phenoxy) is 1. The van der Waals surface area contributed by atoms with E-state index < -0.39 is 0 Å². The zero-order valence-electron chi connectivity index (χ0n) is 15.5. The number of benzene rings is 2. The number of carbonyl (C=O) groups is 1. The van der Waals surface area contributed by atoms with Crippen molar-refractivity contribution >= 4 is 38.3 Å². The molecular weight excluding hydrogens is 416 g/mol. The second-order valence-electron chi connectivity index (χ2n) is 7.21. The molecule has 0 amide bonds. The summed E-state index contributed by atoms with van der Waals surface area (Å²) in [5, 5.41) is 4.61. The molecule has 0 fully saturated rings. The summed E-state index contributed by atoms with van der Waals surface area (Å²) in [7, 11) is 1.68. The lowest BCUT2D eigenvalue weighted by Gasteiger charge is -2.35. The van der Waals surface area contributed by atoms with Crippen molar-refractivity contribution in [3.8, 4) is 5.75 Å². The van der Waals surface area contributed by atoms with Crippen LogP contribution in [0.25, 0.3) is 10.9 Å². The Kier molecular flexibility index (Phi) is 4.20. The number of rotatable bonds is 2. The molecule has 3 aromatic rings. The third kappa shape index (κ3) is 2.65. The van der Waals surface area contributed by atoms with Gasteiger partial charge in [-0.2, -0.15) is 0 Å². The van der Waals surface area contributed by atoms with Crippen molar-refractivity contribution in [1.82, 2.24) is 4.98 Å². The number of fused-ring (bicyclic) bond motifs is 3. The maximum absolute atomic E-state index is 13.1. The Bertz CT molecular complexity index is 1150. The number of nitrogens with one attached hydrogen (secondary N) is 1. The van der Waals surface area contributed by atoms with Gasteiger partial charge in [-0.1, -0.05) is 22.0 Å². The number of allylic oxidation sites excluding steroid dienone is 2. The molecule has 1 atom stereocenters. The summed E-state index contributed by atoms with van der Waals surface area (Å²) >= 11 is 3.60. The Hall–Kier alpha value is -2.66. The van der Waals surface area contributed by atoms with Crippen LogP contribution in [0.15, 0.2) is 64.4 Å². The van der Waals surface area contributed by atoms with Crippen molar-refractivity contribution in [3.63, 3.8) is 0 Å². The molecule has 0 spiro atoms. The van der Waals surface area contributed by atoms with Gasteiger partial charge in [0.15, 0.2) is 5.78 Å². The van der Waals surface area contributed by atoms with Crippen LogP contribution < -0.4 is 10.1 Å². The van der Waals surface area contributed by atoms with Crippen LogP contribution >= 0.6 is 15.9 Å². The van der Waals surface area contributed by atoms with Crippen LogP contribution in [0.1, 0.15) is 36.3 Å². The molecule has 4 nitrogen and oxygen atoms in total. The molecule has 0 saturated carbocycles. The molecule has 1 aliphatic heterocycles. The number of ketones is 1. The largest absolute Gasteiger partial charge is 0.496 e. The molecule has 140 valence electrons. The Morgan fingerprint density at radius 2 is 2.07 bits per heavy atom. The van der Waals surface area contributed by atoms with Gasteiger partial charge in [0, 0.05) is 50.9 Å². The summed E-state index contributed by atoms with van der Waals surface area (Å²) in [6.45, 7) is 0. The number of hydrogen-bond donors (Lipinski definition) is 1. The van der Waals surface area contributed by atoms with E-state index in [-0.39, 0.29) is 11.7 Å². The average molecular weight is 435 g/mol. The van der Waals surface area contributed by atoms with Gasteiger partial charge in [0.05, 0.1) is 12.6 Å². The molecule has 2 aromatic carbocycles. The van der Waals surface area contributed by atoms with E-state index >= 15 is 0 Å². The van der Waals surface area contributed by atoms with Gasteiger partial charge >= 0.3 is 0 Å². The molecule has 1 N–H and O–H groups in total. The highest BCUT2D eigenvalue weighted by Gasteiger charge is 2.37.